The quantitative estimate of drug-likeness (QED) is 0.330. The van der Waals surface area contributed by atoms with Crippen molar-refractivity contribution in [1.82, 2.24) is 9.80 Å². The third kappa shape index (κ3) is 6.38. The van der Waals surface area contributed by atoms with Crippen LogP contribution in [0, 0.1) is 11.8 Å². The van der Waals surface area contributed by atoms with Gasteiger partial charge in [0.25, 0.3) is 5.91 Å². The van der Waals surface area contributed by atoms with Crippen molar-refractivity contribution in [1.29, 1.82) is 0 Å². The number of carbonyl (C=O) groups excluding carboxylic acids is 2. The van der Waals surface area contributed by atoms with E-state index in [2.05, 4.69) is 0 Å². The maximum atomic E-state index is 13.5. The van der Waals surface area contributed by atoms with Crippen molar-refractivity contribution >= 4 is 35.0 Å². The molecule has 2 heterocycles. The van der Waals surface area contributed by atoms with Gasteiger partial charge >= 0.3 is 6.18 Å². The maximum Gasteiger partial charge on any atom is 0.391 e. The number of amides is 2. The molecule has 40 heavy (non-hydrogen) atoms. The average Bonchev–Trinajstić information content (AvgIpc) is 3.30. The molecule has 1 unspecified atom stereocenters. The molecule has 10 heteroatoms. The summed E-state index contributed by atoms with van der Waals surface area (Å²) in [6, 6.07) is 3.84. The molecule has 2 amide bonds. The summed E-state index contributed by atoms with van der Waals surface area (Å²) in [5.41, 5.74) is 2.12. The predicted molar refractivity (Wildman–Crippen MR) is 147 cm³/mol. The molecular weight excluding hydrogens is 567 g/mol. The molecule has 0 N–H and O–H groups in total. The average molecular weight is 602 g/mol. The van der Waals surface area contributed by atoms with Crippen molar-refractivity contribution in [2.75, 3.05) is 19.6 Å². The van der Waals surface area contributed by atoms with Crippen LogP contribution in [0.25, 0.3) is 0 Å². The lowest BCUT2D eigenvalue weighted by molar-refractivity contribution is -0.186. The van der Waals surface area contributed by atoms with Crippen LogP contribution in [0.2, 0.25) is 10.0 Å². The molecule has 0 aromatic heterocycles. The van der Waals surface area contributed by atoms with Crippen molar-refractivity contribution in [2.24, 2.45) is 11.8 Å². The lowest BCUT2D eigenvalue weighted by Gasteiger charge is -2.33. The molecule has 2 atom stereocenters. The van der Waals surface area contributed by atoms with Gasteiger partial charge in [-0.1, -0.05) is 41.4 Å². The highest BCUT2D eigenvalue weighted by Gasteiger charge is 2.42. The monoisotopic (exact) mass is 600 g/mol. The molecule has 1 aromatic rings. The van der Waals surface area contributed by atoms with Crippen LogP contribution in [0.5, 0.6) is 0 Å². The number of allylic oxidation sites excluding steroid dienone is 2. The van der Waals surface area contributed by atoms with Crippen molar-refractivity contribution in [3.05, 3.63) is 57.1 Å². The van der Waals surface area contributed by atoms with Gasteiger partial charge in [0.2, 0.25) is 5.91 Å². The van der Waals surface area contributed by atoms with Gasteiger partial charge in [-0.3, -0.25) is 9.59 Å². The lowest BCUT2D eigenvalue weighted by Crippen LogP contribution is -2.42. The Morgan fingerprint density at radius 2 is 1.60 bits per heavy atom. The first-order valence-corrected chi connectivity index (χ1v) is 14.9. The van der Waals surface area contributed by atoms with Gasteiger partial charge in [-0.05, 0) is 81.0 Å². The van der Waals surface area contributed by atoms with Gasteiger partial charge in [0.05, 0.1) is 5.92 Å². The number of nitrogens with zero attached hydrogens (tertiary/aromatic N) is 2. The van der Waals surface area contributed by atoms with Crippen molar-refractivity contribution in [2.45, 2.75) is 82.1 Å². The first-order chi connectivity index (χ1) is 19.0. The Hall–Kier alpha value is -2.06. The Balaban J connectivity index is 1.18. The zero-order valence-electron chi connectivity index (χ0n) is 22.2. The van der Waals surface area contributed by atoms with Crippen LogP contribution in [0.3, 0.4) is 0 Å². The summed E-state index contributed by atoms with van der Waals surface area (Å²) in [6.45, 7) is 0.883. The van der Waals surface area contributed by atoms with Crippen LogP contribution in [0.1, 0.15) is 68.4 Å². The van der Waals surface area contributed by atoms with Crippen molar-refractivity contribution in [3.63, 3.8) is 0 Å². The standard InChI is InChI=1S/C30H34Cl2F4N2O2/c31-26-16-21(18-1-3-19(4-2-18)28(39)37-12-10-22(11-13-37)30(34,35)36)17-27(32)25(26)15-20-9-14-38(29(20)40)24-7-5-23(33)6-8-24/h1,3-4,16-18,20,22-24H,2,5-15H2/t18?,20-,23?,24?/m0/s1. The van der Waals surface area contributed by atoms with Crippen LogP contribution in [0.15, 0.2) is 35.9 Å². The van der Waals surface area contributed by atoms with Crippen LogP contribution in [-0.2, 0) is 16.0 Å². The molecule has 2 saturated heterocycles. The first-order valence-electron chi connectivity index (χ1n) is 14.2. The third-order valence-corrected chi connectivity index (χ3v) is 9.73. The van der Waals surface area contributed by atoms with E-state index in [9.17, 15) is 27.2 Å². The Labute approximate surface area is 242 Å². The molecule has 2 aliphatic carbocycles. The summed E-state index contributed by atoms with van der Waals surface area (Å²) in [7, 11) is 0. The van der Waals surface area contributed by atoms with E-state index in [0.717, 1.165) is 17.5 Å². The van der Waals surface area contributed by atoms with Gasteiger partial charge in [-0.25, -0.2) is 4.39 Å². The van der Waals surface area contributed by atoms with Crippen LogP contribution >= 0.6 is 23.2 Å². The van der Waals surface area contributed by atoms with Gasteiger partial charge in [0.15, 0.2) is 0 Å². The smallest absolute Gasteiger partial charge is 0.339 e. The maximum absolute atomic E-state index is 13.5. The van der Waals surface area contributed by atoms with Crippen molar-refractivity contribution in [3.8, 4) is 0 Å². The first kappa shape index (κ1) is 29.4. The van der Waals surface area contributed by atoms with E-state index >= 15 is 0 Å². The number of likely N-dealkylation sites (tertiary alicyclic amines) is 2. The van der Waals surface area contributed by atoms with Crippen LogP contribution < -0.4 is 0 Å². The molecule has 0 spiro atoms. The van der Waals surface area contributed by atoms with Crippen LogP contribution in [-0.4, -0.2) is 59.6 Å². The van der Waals surface area contributed by atoms with E-state index in [-0.39, 0.29) is 55.6 Å². The number of benzene rings is 1. The molecule has 4 nitrogen and oxygen atoms in total. The highest BCUT2D eigenvalue weighted by atomic mass is 35.5. The number of hydrogen-bond donors (Lipinski definition) is 0. The Bertz CT molecular complexity index is 1160. The summed E-state index contributed by atoms with van der Waals surface area (Å²) < 4.78 is 52.4. The molecule has 2 aliphatic heterocycles. The fourth-order valence-electron chi connectivity index (χ4n) is 6.56. The minimum Gasteiger partial charge on any atom is -0.339 e. The summed E-state index contributed by atoms with van der Waals surface area (Å²) in [4.78, 5) is 29.4. The Kier molecular flexibility index (Phi) is 8.86. The van der Waals surface area contributed by atoms with E-state index in [1.807, 2.05) is 29.2 Å². The summed E-state index contributed by atoms with van der Waals surface area (Å²) in [5, 5.41) is 0.997. The molecule has 1 aromatic carbocycles. The zero-order chi connectivity index (χ0) is 28.6. The van der Waals surface area contributed by atoms with E-state index in [1.54, 1.807) is 6.08 Å². The second-order valence-corrected chi connectivity index (χ2v) is 12.4. The molecule has 5 rings (SSSR count). The van der Waals surface area contributed by atoms with E-state index in [1.165, 1.54) is 4.90 Å². The molecule has 1 saturated carbocycles. The number of hydrogen-bond acceptors (Lipinski definition) is 2. The van der Waals surface area contributed by atoms with Crippen molar-refractivity contribution < 1.29 is 27.2 Å². The predicted octanol–water partition coefficient (Wildman–Crippen LogP) is 7.44. The molecule has 0 radical (unpaired) electrons. The van der Waals surface area contributed by atoms with E-state index in [0.29, 0.717) is 60.7 Å². The number of carbonyl (C=O) groups is 2. The van der Waals surface area contributed by atoms with Gasteiger partial charge in [-0.2, -0.15) is 13.2 Å². The van der Waals surface area contributed by atoms with E-state index < -0.39 is 18.3 Å². The Morgan fingerprint density at radius 3 is 2.17 bits per heavy atom. The van der Waals surface area contributed by atoms with Crippen LogP contribution in [0.4, 0.5) is 17.6 Å². The zero-order valence-corrected chi connectivity index (χ0v) is 23.7. The SMILES string of the molecule is O=C(C1=CCC(c2cc(Cl)c(C[C@@H]3CCN(C4CCC(F)CC4)C3=O)c(Cl)c2)C=C1)N1CCC(C(F)(F)F)CC1. The topological polar surface area (TPSA) is 40.6 Å². The Morgan fingerprint density at radius 1 is 0.950 bits per heavy atom. The molecule has 0 bridgehead atoms. The normalized spacial score (nSPS) is 28.2. The number of halogens is 6. The number of rotatable bonds is 5. The highest BCUT2D eigenvalue weighted by molar-refractivity contribution is 6.36. The van der Waals surface area contributed by atoms with Gasteiger partial charge in [0.1, 0.15) is 6.17 Å². The minimum absolute atomic E-state index is 0.0502. The lowest BCUT2D eigenvalue weighted by atomic mass is 9.88. The second-order valence-electron chi connectivity index (χ2n) is 11.6. The molecule has 4 aliphatic rings. The number of alkyl halides is 4. The third-order valence-electron chi connectivity index (χ3n) is 9.05. The molecule has 3 fully saturated rings. The second kappa shape index (κ2) is 12.0. The molecular formula is C30H34Cl2F4N2O2. The summed E-state index contributed by atoms with van der Waals surface area (Å²) in [5.74, 6) is -1.74. The largest absolute Gasteiger partial charge is 0.391 e. The van der Waals surface area contributed by atoms with Gasteiger partial charge < -0.3 is 9.80 Å². The molecule has 218 valence electrons. The fourth-order valence-corrected chi connectivity index (χ4v) is 7.22. The summed E-state index contributed by atoms with van der Waals surface area (Å²) >= 11 is 13.3. The van der Waals surface area contributed by atoms with Gasteiger partial charge in [0, 0.05) is 53.1 Å². The van der Waals surface area contributed by atoms with E-state index in [4.69, 9.17) is 23.2 Å². The van der Waals surface area contributed by atoms with Gasteiger partial charge in [-0.15, -0.1) is 0 Å². The highest BCUT2D eigenvalue weighted by Crippen LogP contribution is 2.38. The fraction of sp³-hybridized carbons (Fsp3) is 0.600. The minimum atomic E-state index is -4.21. The number of piperidine rings is 1. The summed E-state index contributed by atoms with van der Waals surface area (Å²) in [6.07, 6.45) is 4.52.